The zero-order chi connectivity index (χ0) is 20.6. The first kappa shape index (κ1) is 19.9. The van der Waals surface area contributed by atoms with Crippen molar-refractivity contribution in [3.8, 4) is 11.4 Å². The molecule has 1 aromatic heterocycles. The predicted octanol–water partition coefficient (Wildman–Crippen LogP) is 3.28. The molecule has 0 aliphatic heterocycles. The molecule has 0 fully saturated rings. The molecule has 6 nitrogen and oxygen atoms in total. The normalized spacial score (nSPS) is 11.5. The highest BCUT2D eigenvalue weighted by molar-refractivity contribution is 7.90. The molecule has 3 aromatic rings. The summed E-state index contributed by atoms with van der Waals surface area (Å²) in [5.74, 6) is -4.99. The summed E-state index contributed by atoms with van der Waals surface area (Å²) in [7, 11) is -2.91. The van der Waals surface area contributed by atoms with Crippen molar-refractivity contribution in [1.82, 2.24) is 14.3 Å². The van der Waals surface area contributed by atoms with Crippen LogP contribution in [0.4, 0.5) is 13.2 Å². The van der Waals surface area contributed by atoms with Crippen molar-refractivity contribution in [3.63, 3.8) is 0 Å². The summed E-state index contributed by atoms with van der Waals surface area (Å²) in [6.45, 7) is 0. The fourth-order valence-corrected chi connectivity index (χ4v) is 3.69. The van der Waals surface area contributed by atoms with Crippen LogP contribution >= 0.6 is 11.6 Å². The number of aromatic nitrogens is 2. The van der Waals surface area contributed by atoms with Crippen LogP contribution in [0.15, 0.2) is 47.5 Å². The lowest BCUT2D eigenvalue weighted by molar-refractivity contribution is 0.0977. The molecule has 11 heteroatoms. The van der Waals surface area contributed by atoms with Crippen LogP contribution in [0.2, 0.25) is 5.02 Å². The van der Waals surface area contributed by atoms with Gasteiger partial charge in [-0.25, -0.2) is 31.3 Å². The van der Waals surface area contributed by atoms with Gasteiger partial charge in [-0.2, -0.15) is 0 Å². The second kappa shape index (κ2) is 7.28. The highest BCUT2D eigenvalue weighted by Gasteiger charge is 2.24. The maximum atomic E-state index is 14.0. The van der Waals surface area contributed by atoms with E-state index in [1.165, 1.54) is 25.2 Å². The molecule has 0 aliphatic carbocycles. The topological polar surface area (TPSA) is 81.1 Å². The van der Waals surface area contributed by atoms with Gasteiger partial charge in [-0.3, -0.25) is 4.79 Å². The summed E-state index contributed by atoms with van der Waals surface area (Å²) in [5.41, 5.74) is -1.06. The molecule has 28 heavy (non-hydrogen) atoms. The summed E-state index contributed by atoms with van der Waals surface area (Å²) < 4.78 is 68.5. The van der Waals surface area contributed by atoms with Crippen LogP contribution in [0.5, 0.6) is 0 Å². The number of imidazole rings is 1. The molecular formula is C17H11ClF3N3O3S. The average Bonchev–Trinajstić information content (AvgIpc) is 2.95. The molecule has 0 saturated heterocycles. The standard InChI is InChI=1S/C17H11ClF3N3O3S/c1-24-8-14(22-16(24)15-12(20)6-10(19)7-13(15)21)17(25)23-28(26,27)11-4-2-3-9(18)5-11/h2-8H,1H3,(H,23,25). The maximum Gasteiger partial charge on any atom is 0.285 e. The molecular weight excluding hydrogens is 419 g/mol. The lowest BCUT2D eigenvalue weighted by Gasteiger charge is -2.06. The number of carbonyl (C=O) groups is 1. The molecule has 0 unspecified atom stereocenters. The number of aryl methyl sites for hydroxylation is 1. The molecule has 0 aliphatic rings. The summed E-state index contributed by atoms with van der Waals surface area (Å²) in [4.78, 5) is 15.8. The SMILES string of the molecule is Cn1cc(C(=O)NS(=O)(=O)c2cccc(Cl)c2)nc1-c1c(F)cc(F)cc1F. The number of benzene rings is 2. The maximum absolute atomic E-state index is 14.0. The number of nitrogens with one attached hydrogen (secondary N) is 1. The smallest absolute Gasteiger partial charge is 0.285 e. The van der Waals surface area contributed by atoms with Crippen molar-refractivity contribution in [2.24, 2.45) is 7.05 Å². The van der Waals surface area contributed by atoms with Gasteiger partial charge >= 0.3 is 0 Å². The Morgan fingerprint density at radius 3 is 2.39 bits per heavy atom. The third-order valence-electron chi connectivity index (χ3n) is 3.67. The number of rotatable bonds is 4. The van der Waals surface area contributed by atoms with E-state index in [4.69, 9.17) is 11.6 Å². The quantitative estimate of drug-likeness (QED) is 0.690. The minimum atomic E-state index is -4.25. The highest BCUT2D eigenvalue weighted by Crippen LogP contribution is 2.26. The molecule has 1 N–H and O–H groups in total. The van der Waals surface area contributed by atoms with Gasteiger partial charge in [0.1, 0.15) is 29.0 Å². The number of nitrogens with zero attached hydrogens (tertiary/aromatic N) is 2. The molecule has 3 rings (SSSR count). The van der Waals surface area contributed by atoms with Crippen LogP contribution in [0, 0.1) is 17.5 Å². The number of amides is 1. The van der Waals surface area contributed by atoms with E-state index in [2.05, 4.69) is 4.98 Å². The van der Waals surface area contributed by atoms with E-state index in [0.29, 0.717) is 12.1 Å². The van der Waals surface area contributed by atoms with E-state index < -0.39 is 44.6 Å². The Morgan fingerprint density at radius 2 is 1.79 bits per heavy atom. The fraction of sp³-hybridized carbons (Fsp3) is 0.0588. The molecule has 0 radical (unpaired) electrons. The third-order valence-corrected chi connectivity index (χ3v) is 5.24. The number of hydrogen-bond acceptors (Lipinski definition) is 4. The Bertz CT molecular complexity index is 1170. The van der Waals surface area contributed by atoms with Crippen molar-refractivity contribution in [1.29, 1.82) is 0 Å². The van der Waals surface area contributed by atoms with Crippen LogP contribution in [0.3, 0.4) is 0 Å². The van der Waals surface area contributed by atoms with Gasteiger partial charge in [0.05, 0.1) is 10.5 Å². The molecule has 1 heterocycles. The largest absolute Gasteiger partial charge is 0.333 e. The summed E-state index contributed by atoms with van der Waals surface area (Å²) in [6, 6.07) is 6.16. The minimum Gasteiger partial charge on any atom is -0.333 e. The monoisotopic (exact) mass is 429 g/mol. The fourth-order valence-electron chi connectivity index (χ4n) is 2.43. The van der Waals surface area contributed by atoms with Crippen LogP contribution in [0.25, 0.3) is 11.4 Å². The van der Waals surface area contributed by atoms with E-state index in [-0.39, 0.29) is 15.7 Å². The lowest BCUT2D eigenvalue weighted by atomic mass is 10.2. The van der Waals surface area contributed by atoms with E-state index in [9.17, 15) is 26.4 Å². The number of sulfonamides is 1. The Balaban J connectivity index is 1.94. The second-order valence-electron chi connectivity index (χ2n) is 5.70. The number of hydrogen-bond donors (Lipinski definition) is 1. The molecule has 1 amide bonds. The number of halogens is 4. The van der Waals surface area contributed by atoms with Gasteiger partial charge < -0.3 is 4.57 Å². The first-order chi connectivity index (χ1) is 13.1. The highest BCUT2D eigenvalue weighted by atomic mass is 35.5. The molecule has 146 valence electrons. The summed E-state index contributed by atoms with van der Waals surface area (Å²) >= 11 is 5.75. The minimum absolute atomic E-state index is 0.151. The molecule has 0 spiro atoms. The van der Waals surface area contributed by atoms with Gasteiger partial charge in [-0.05, 0) is 18.2 Å². The zero-order valence-electron chi connectivity index (χ0n) is 14.1. The Morgan fingerprint density at radius 1 is 1.14 bits per heavy atom. The Kier molecular flexibility index (Phi) is 5.18. The van der Waals surface area contributed by atoms with Gasteiger partial charge in [-0.1, -0.05) is 17.7 Å². The third kappa shape index (κ3) is 3.87. The molecule has 2 aromatic carbocycles. The van der Waals surface area contributed by atoms with Crippen LogP contribution in [0.1, 0.15) is 10.5 Å². The summed E-state index contributed by atoms with van der Waals surface area (Å²) in [6.07, 6.45) is 1.08. The van der Waals surface area contributed by atoms with E-state index >= 15 is 0 Å². The van der Waals surface area contributed by atoms with Crippen molar-refractivity contribution in [3.05, 3.63) is 70.8 Å². The van der Waals surface area contributed by atoms with Crippen molar-refractivity contribution in [2.45, 2.75) is 4.90 Å². The Labute approximate surface area is 162 Å². The molecule has 0 bridgehead atoms. The van der Waals surface area contributed by atoms with Gasteiger partial charge in [0.2, 0.25) is 0 Å². The van der Waals surface area contributed by atoms with Crippen molar-refractivity contribution >= 4 is 27.5 Å². The van der Waals surface area contributed by atoms with Crippen molar-refractivity contribution < 1.29 is 26.4 Å². The average molecular weight is 430 g/mol. The van der Waals surface area contributed by atoms with Gasteiger partial charge in [-0.15, -0.1) is 0 Å². The van der Waals surface area contributed by atoms with Gasteiger partial charge in [0.25, 0.3) is 15.9 Å². The molecule has 0 saturated carbocycles. The summed E-state index contributed by atoms with van der Waals surface area (Å²) in [5, 5.41) is 0.151. The Hall–Kier alpha value is -2.85. The van der Waals surface area contributed by atoms with Gasteiger partial charge in [0, 0.05) is 30.4 Å². The lowest BCUT2D eigenvalue weighted by Crippen LogP contribution is -2.30. The van der Waals surface area contributed by atoms with Gasteiger partial charge in [0.15, 0.2) is 0 Å². The van der Waals surface area contributed by atoms with E-state index in [1.54, 1.807) is 4.72 Å². The molecule has 0 atom stereocenters. The first-order valence-electron chi connectivity index (χ1n) is 7.59. The second-order valence-corrected chi connectivity index (χ2v) is 7.82. The van der Waals surface area contributed by atoms with Crippen LogP contribution in [-0.4, -0.2) is 23.9 Å². The van der Waals surface area contributed by atoms with Crippen molar-refractivity contribution in [2.75, 3.05) is 0 Å². The predicted molar refractivity (Wildman–Crippen MR) is 94.6 cm³/mol. The zero-order valence-corrected chi connectivity index (χ0v) is 15.7. The first-order valence-corrected chi connectivity index (χ1v) is 9.45. The van der Waals surface area contributed by atoms with E-state index in [0.717, 1.165) is 16.8 Å². The van der Waals surface area contributed by atoms with Crippen LogP contribution < -0.4 is 4.72 Å². The number of carbonyl (C=O) groups excluding carboxylic acids is 1. The van der Waals surface area contributed by atoms with E-state index in [1.807, 2.05) is 0 Å². The van der Waals surface area contributed by atoms with Crippen LogP contribution in [-0.2, 0) is 17.1 Å².